The van der Waals surface area contributed by atoms with Gasteiger partial charge in [-0.05, 0) is 81.7 Å². The van der Waals surface area contributed by atoms with Crippen molar-refractivity contribution in [2.75, 3.05) is 0 Å². The summed E-state index contributed by atoms with van der Waals surface area (Å²) in [6, 6.07) is 27.0. The van der Waals surface area contributed by atoms with Crippen LogP contribution in [-0.2, 0) is 0 Å². The predicted octanol–water partition coefficient (Wildman–Crippen LogP) is 9.97. The van der Waals surface area contributed by atoms with Crippen LogP contribution in [0.15, 0.2) is 72.8 Å². The van der Waals surface area contributed by atoms with Gasteiger partial charge in [0.1, 0.15) is 0 Å². The van der Waals surface area contributed by atoms with Crippen LogP contribution in [0.25, 0.3) is 33.6 Å². The van der Waals surface area contributed by atoms with E-state index in [1.54, 1.807) is 0 Å². The number of hydrogen-bond donors (Lipinski definition) is 0. The van der Waals surface area contributed by atoms with E-state index in [1.807, 2.05) is 0 Å². The molecule has 2 aromatic carbocycles. The zero-order valence-corrected chi connectivity index (χ0v) is 24.7. The van der Waals surface area contributed by atoms with Gasteiger partial charge in [-0.25, -0.2) is 0 Å². The molecule has 2 nitrogen and oxygen atoms in total. The molecular formula is C38H40N2. The van der Waals surface area contributed by atoms with Crippen LogP contribution < -0.4 is 0 Å². The van der Waals surface area contributed by atoms with E-state index in [-0.39, 0.29) is 0 Å². The minimum Gasteiger partial charge on any atom is -0.252 e. The van der Waals surface area contributed by atoms with Crippen LogP contribution in [0.5, 0.6) is 0 Å². The average molecular weight is 525 g/mol. The van der Waals surface area contributed by atoms with Gasteiger partial charge in [0.05, 0.1) is 11.4 Å². The highest BCUT2D eigenvalue weighted by Crippen LogP contribution is 2.67. The molecule has 2 aromatic heterocycles. The summed E-state index contributed by atoms with van der Waals surface area (Å²) in [5.74, 6) is 3.78. The smallest absolute Gasteiger partial charge is 0.0711 e. The van der Waals surface area contributed by atoms with E-state index in [0.29, 0.717) is 34.5 Å². The van der Waals surface area contributed by atoms with Crippen LogP contribution in [-0.4, -0.2) is 9.97 Å². The van der Waals surface area contributed by atoms with Gasteiger partial charge in [-0.3, -0.25) is 9.97 Å². The van der Waals surface area contributed by atoms with E-state index in [9.17, 15) is 0 Å². The van der Waals surface area contributed by atoms with Crippen LogP contribution in [0.3, 0.4) is 0 Å². The normalized spacial score (nSPS) is 29.9. The second-order valence-corrected chi connectivity index (χ2v) is 14.4. The molecule has 2 fully saturated rings. The number of rotatable bonds is 3. The molecule has 2 saturated carbocycles. The van der Waals surface area contributed by atoms with E-state index >= 15 is 0 Å². The summed E-state index contributed by atoms with van der Waals surface area (Å²) < 4.78 is 0. The fourth-order valence-electron chi connectivity index (χ4n) is 9.53. The molecule has 0 aliphatic heterocycles. The van der Waals surface area contributed by atoms with E-state index in [4.69, 9.17) is 9.97 Å². The molecule has 6 aliphatic rings. The molecule has 0 radical (unpaired) electrons. The molecule has 40 heavy (non-hydrogen) atoms. The van der Waals surface area contributed by atoms with Crippen LogP contribution in [0.1, 0.15) is 101 Å². The van der Waals surface area contributed by atoms with E-state index in [2.05, 4.69) is 114 Å². The molecule has 0 saturated heterocycles. The molecule has 4 bridgehead atoms. The number of pyridine rings is 2. The molecule has 10 rings (SSSR count). The van der Waals surface area contributed by atoms with Crippen molar-refractivity contribution in [2.45, 2.75) is 78.1 Å². The zero-order valence-electron chi connectivity index (χ0n) is 24.7. The molecule has 6 aliphatic carbocycles. The van der Waals surface area contributed by atoms with Crippen molar-refractivity contribution < 1.29 is 0 Å². The summed E-state index contributed by atoms with van der Waals surface area (Å²) in [7, 11) is 0. The van der Waals surface area contributed by atoms with Gasteiger partial charge in [-0.15, -0.1) is 0 Å². The summed E-state index contributed by atoms with van der Waals surface area (Å²) in [6.07, 6.45) is 2.63. The molecular weight excluding hydrogens is 484 g/mol. The lowest BCUT2D eigenvalue weighted by Crippen LogP contribution is -2.50. The highest BCUT2D eigenvalue weighted by molar-refractivity contribution is 5.90. The lowest BCUT2D eigenvalue weighted by atomic mass is 9.45. The lowest BCUT2D eigenvalue weighted by molar-refractivity contribution is -0.00275. The third-order valence-electron chi connectivity index (χ3n) is 12.1. The van der Waals surface area contributed by atoms with Gasteiger partial charge in [-0.2, -0.15) is 0 Å². The Balaban J connectivity index is 1.22. The van der Waals surface area contributed by atoms with Crippen molar-refractivity contribution in [1.82, 2.24) is 9.97 Å². The molecule has 0 N–H and O–H groups in total. The Kier molecular flexibility index (Phi) is 5.00. The molecule has 6 atom stereocenters. The number of benzene rings is 2. The number of hydrogen-bond acceptors (Lipinski definition) is 2. The van der Waals surface area contributed by atoms with Crippen molar-refractivity contribution in [3.8, 4) is 33.6 Å². The Labute approximate surface area is 239 Å². The molecule has 4 aromatic rings. The fraction of sp³-hybridized carbons (Fsp3) is 0.421. The van der Waals surface area contributed by atoms with E-state index < -0.39 is 0 Å². The maximum atomic E-state index is 5.38. The Hall–Kier alpha value is -3.26. The molecule has 0 spiro atoms. The summed E-state index contributed by atoms with van der Waals surface area (Å²) >= 11 is 0. The Bertz CT molecular complexity index is 1550. The third kappa shape index (κ3) is 3.11. The molecule has 2 heteroatoms. The monoisotopic (exact) mass is 524 g/mol. The van der Waals surface area contributed by atoms with Gasteiger partial charge in [-0.1, -0.05) is 102 Å². The first kappa shape index (κ1) is 24.5. The van der Waals surface area contributed by atoms with E-state index in [0.717, 1.165) is 23.2 Å². The second kappa shape index (κ2) is 8.15. The second-order valence-electron chi connectivity index (χ2n) is 14.4. The Morgan fingerprint density at radius 2 is 0.900 bits per heavy atom. The first-order chi connectivity index (χ1) is 19.2. The van der Waals surface area contributed by atoms with Crippen LogP contribution >= 0.6 is 0 Å². The molecule has 0 unspecified atom stereocenters. The topological polar surface area (TPSA) is 25.8 Å². The minimum absolute atomic E-state index is 0.391. The summed E-state index contributed by atoms with van der Waals surface area (Å²) in [6.45, 7) is 14.6. The molecule has 202 valence electrons. The predicted molar refractivity (Wildman–Crippen MR) is 164 cm³/mol. The van der Waals surface area contributed by atoms with Gasteiger partial charge in [0.15, 0.2) is 0 Å². The van der Waals surface area contributed by atoms with Gasteiger partial charge in [0.2, 0.25) is 0 Å². The zero-order chi connectivity index (χ0) is 27.6. The van der Waals surface area contributed by atoms with Crippen molar-refractivity contribution >= 4 is 0 Å². The van der Waals surface area contributed by atoms with Crippen molar-refractivity contribution in [3.63, 3.8) is 0 Å². The van der Waals surface area contributed by atoms with Crippen molar-refractivity contribution in [2.24, 2.45) is 22.7 Å². The number of nitrogens with zero attached hydrogens (tertiary/aromatic N) is 2. The summed E-state index contributed by atoms with van der Waals surface area (Å²) in [4.78, 5) is 10.8. The van der Waals surface area contributed by atoms with Crippen LogP contribution in [0, 0.1) is 22.7 Å². The maximum Gasteiger partial charge on any atom is 0.0711 e. The highest BCUT2D eigenvalue weighted by atomic mass is 14.8. The molecule has 2 heterocycles. The van der Waals surface area contributed by atoms with Crippen LogP contribution in [0.4, 0.5) is 0 Å². The third-order valence-corrected chi connectivity index (χ3v) is 12.1. The van der Waals surface area contributed by atoms with Crippen molar-refractivity contribution in [1.29, 1.82) is 0 Å². The van der Waals surface area contributed by atoms with E-state index in [1.165, 1.54) is 57.6 Å². The largest absolute Gasteiger partial charge is 0.252 e. The van der Waals surface area contributed by atoms with Gasteiger partial charge in [0.25, 0.3) is 0 Å². The minimum atomic E-state index is 0.391. The summed E-state index contributed by atoms with van der Waals surface area (Å²) in [5, 5.41) is 0. The first-order valence-corrected chi connectivity index (χ1v) is 15.4. The highest BCUT2D eigenvalue weighted by Gasteiger charge is 2.57. The first-order valence-electron chi connectivity index (χ1n) is 15.4. The van der Waals surface area contributed by atoms with Crippen LogP contribution in [0.2, 0.25) is 0 Å². The Morgan fingerprint density at radius 3 is 1.27 bits per heavy atom. The number of aromatic nitrogens is 2. The SMILES string of the molecule is C[C@@H]1c2nc(-c3ccccc3-c3ccccc3-c3ccc4c(n3)[C@@H](C)[C@H]3C[C@@H]4C3(C)C)ccc2[C@@H]2C[C@H]1C2(C)C. The average Bonchev–Trinajstić information content (AvgIpc) is 2.96. The quantitative estimate of drug-likeness (QED) is 0.266. The van der Waals surface area contributed by atoms with Gasteiger partial charge < -0.3 is 0 Å². The lowest BCUT2D eigenvalue weighted by Gasteiger charge is -2.59. The standard InChI is InChI=1S/C38H40N2/c1-21-29-19-31(37(29,3)4)27-15-17-33(39-35(21)27)25-13-9-7-11-23(25)24-12-8-10-14-26(24)34-18-16-28-32-20-30(38(32,5)6)22(2)36(28)40-34/h7-18,21-22,29-32H,19-20H2,1-6H3/t21-,22-,29+,30+,31-,32-/m0/s1. The fourth-order valence-corrected chi connectivity index (χ4v) is 9.53. The van der Waals surface area contributed by atoms with Crippen molar-refractivity contribution in [3.05, 3.63) is 95.3 Å². The summed E-state index contributed by atoms with van der Waals surface area (Å²) in [5.41, 5.74) is 13.5. The maximum absolute atomic E-state index is 5.38. The van der Waals surface area contributed by atoms with Gasteiger partial charge >= 0.3 is 0 Å². The van der Waals surface area contributed by atoms with Gasteiger partial charge in [0, 0.05) is 34.4 Å². The Morgan fingerprint density at radius 1 is 0.525 bits per heavy atom. The molecule has 0 amide bonds.